The van der Waals surface area contributed by atoms with E-state index in [1.54, 1.807) is 16.7 Å². The molecule has 1 atom stereocenters. The summed E-state index contributed by atoms with van der Waals surface area (Å²) in [5.41, 5.74) is 5.20. The Morgan fingerprint density at radius 1 is 1.26 bits per heavy atom. The van der Waals surface area contributed by atoms with Crippen molar-refractivity contribution in [3.63, 3.8) is 0 Å². The molecule has 0 amide bonds. The average Bonchev–Trinajstić information content (AvgIpc) is 2.40. The summed E-state index contributed by atoms with van der Waals surface area (Å²) >= 11 is 0. The van der Waals surface area contributed by atoms with E-state index >= 15 is 0 Å². The van der Waals surface area contributed by atoms with Crippen LogP contribution in [0.5, 0.6) is 0 Å². The number of hydrogen-bond donors (Lipinski definition) is 0. The Kier molecular flexibility index (Phi) is 6.10. The molecule has 0 aliphatic heterocycles. The van der Waals surface area contributed by atoms with Gasteiger partial charge >= 0.3 is 0 Å². The van der Waals surface area contributed by atoms with Crippen LogP contribution in [0.15, 0.2) is 34.9 Å². The normalized spacial score (nSPS) is 21.2. The summed E-state index contributed by atoms with van der Waals surface area (Å²) in [6.45, 7) is 13.9. The van der Waals surface area contributed by atoms with Crippen molar-refractivity contribution in [1.29, 1.82) is 0 Å². The highest BCUT2D eigenvalue weighted by atomic mass is 14.3. The average molecular weight is 260 g/mol. The van der Waals surface area contributed by atoms with Crippen LogP contribution in [0.1, 0.15) is 73.6 Å². The minimum atomic E-state index is 0.316. The van der Waals surface area contributed by atoms with E-state index in [0.29, 0.717) is 5.41 Å². The molecule has 108 valence electrons. The van der Waals surface area contributed by atoms with E-state index in [2.05, 4.69) is 59.8 Å². The van der Waals surface area contributed by atoms with Crippen molar-refractivity contribution in [2.24, 2.45) is 11.3 Å². The molecule has 0 aromatic heterocycles. The summed E-state index contributed by atoms with van der Waals surface area (Å²) in [4.78, 5) is 0. The maximum atomic E-state index is 2.51. The van der Waals surface area contributed by atoms with E-state index in [-0.39, 0.29) is 0 Å². The molecule has 0 spiro atoms. The van der Waals surface area contributed by atoms with Gasteiger partial charge in [0.15, 0.2) is 0 Å². The highest BCUT2D eigenvalue weighted by Gasteiger charge is 2.28. The van der Waals surface area contributed by atoms with Crippen molar-refractivity contribution >= 4 is 0 Å². The molecule has 0 nitrogen and oxygen atoms in total. The first-order valence-corrected chi connectivity index (χ1v) is 8.06. The third-order valence-electron chi connectivity index (χ3n) is 4.67. The van der Waals surface area contributed by atoms with E-state index in [9.17, 15) is 0 Å². The summed E-state index contributed by atoms with van der Waals surface area (Å²) in [6, 6.07) is 0. The van der Waals surface area contributed by atoms with Gasteiger partial charge in [-0.25, -0.2) is 0 Å². The predicted molar refractivity (Wildman–Crippen MR) is 87.3 cm³/mol. The fourth-order valence-corrected chi connectivity index (χ4v) is 3.07. The van der Waals surface area contributed by atoms with E-state index in [1.165, 1.54) is 32.1 Å². The molecule has 0 aromatic rings. The highest BCUT2D eigenvalue weighted by molar-refractivity contribution is 5.42. The van der Waals surface area contributed by atoms with Crippen LogP contribution in [0.25, 0.3) is 0 Å². The maximum absolute atomic E-state index is 2.51. The van der Waals surface area contributed by atoms with E-state index in [0.717, 1.165) is 5.92 Å². The molecule has 1 aliphatic rings. The molecule has 0 radical (unpaired) electrons. The van der Waals surface area contributed by atoms with Crippen LogP contribution < -0.4 is 0 Å². The number of hydrogen-bond acceptors (Lipinski definition) is 0. The molecule has 0 heterocycles. The Balaban J connectivity index is 3.24. The first-order valence-electron chi connectivity index (χ1n) is 8.06. The number of allylic oxidation sites excluding steroid dienone is 6. The van der Waals surface area contributed by atoms with Gasteiger partial charge in [0, 0.05) is 0 Å². The zero-order chi connectivity index (χ0) is 14.5. The topological polar surface area (TPSA) is 0 Å². The van der Waals surface area contributed by atoms with Gasteiger partial charge in [-0.05, 0) is 55.1 Å². The fourth-order valence-electron chi connectivity index (χ4n) is 3.07. The predicted octanol–water partition coefficient (Wildman–Crippen LogP) is 6.45. The van der Waals surface area contributed by atoms with E-state index < -0.39 is 0 Å². The molecule has 0 heteroatoms. The van der Waals surface area contributed by atoms with Crippen LogP contribution in [0, 0.1) is 11.3 Å². The SMILES string of the molecule is C/C=C\C1=CC(C(C)(C)CC)=C(CCC)CC1CC. The van der Waals surface area contributed by atoms with Crippen LogP contribution in [0.3, 0.4) is 0 Å². The Morgan fingerprint density at radius 3 is 2.42 bits per heavy atom. The van der Waals surface area contributed by atoms with Gasteiger partial charge in [-0.15, -0.1) is 0 Å². The molecule has 0 fully saturated rings. The fraction of sp³-hybridized carbons (Fsp3) is 0.684. The Labute approximate surface area is 120 Å². The smallest absolute Gasteiger partial charge is 0.0107 e. The lowest BCUT2D eigenvalue weighted by atomic mass is 9.71. The van der Waals surface area contributed by atoms with E-state index in [4.69, 9.17) is 0 Å². The van der Waals surface area contributed by atoms with Gasteiger partial charge in [-0.3, -0.25) is 0 Å². The van der Waals surface area contributed by atoms with Crippen molar-refractivity contribution in [3.05, 3.63) is 34.9 Å². The standard InChI is InChI=1S/C19H32/c1-7-11-16-14-18(19(5,6)10-4)17(12-8-2)13-15(16)9-3/h7,11,14-15H,8-10,12-13H2,1-6H3/b11-7-. The van der Waals surface area contributed by atoms with Gasteiger partial charge in [0.25, 0.3) is 0 Å². The molecule has 0 saturated heterocycles. The molecule has 19 heavy (non-hydrogen) atoms. The summed E-state index contributed by atoms with van der Waals surface area (Å²) in [6.07, 6.45) is 13.3. The third-order valence-corrected chi connectivity index (χ3v) is 4.67. The second-order valence-electron chi connectivity index (χ2n) is 6.46. The van der Waals surface area contributed by atoms with Gasteiger partial charge in [-0.2, -0.15) is 0 Å². The minimum absolute atomic E-state index is 0.316. The van der Waals surface area contributed by atoms with E-state index in [1.807, 2.05) is 0 Å². The largest absolute Gasteiger partial charge is 0.0874 e. The second-order valence-corrected chi connectivity index (χ2v) is 6.46. The third kappa shape index (κ3) is 3.84. The molecule has 0 bridgehead atoms. The first kappa shape index (κ1) is 16.3. The van der Waals surface area contributed by atoms with Gasteiger partial charge in [0.05, 0.1) is 0 Å². The van der Waals surface area contributed by atoms with Gasteiger partial charge in [-0.1, -0.05) is 64.8 Å². The minimum Gasteiger partial charge on any atom is -0.0874 e. The second kappa shape index (κ2) is 7.12. The van der Waals surface area contributed by atoms with Crippen molar-refractivity contribution < 1.29 is 0 Å². The molecule has 0 N–H and O–H groups in total. The molecular weight excluding hydrogens is 228 g/mol. The van der Waals surface area contributed by atoms with Crippen LogP contribution in [-0.4, -0.2) is 0 Å². The molecular formula is C19H32. The van der Waals surface area contributed by atoms with Crippen molar-refractivity contribution in [3.8, 4) is 0 Å². The van der Waals surface area contributed by atoms with Crippen molar-refractivity contribution in [2.45, 2.75) is 73.6 Å². The molecule has 0 aromatic carbocycles. The zero-order valence-corrected chi connectivity index (χ0v) is 13.8. The summed E-state index contributed by atoms with van der Waals surface area (Å²) in [5, 5.41) is 0. The lowest BCUT2D eigenvalue weighted by Gasteiger charge is -2.34. The summed E-state index contributed by atoms with van der Waals surface area (Å²) < 4.78 is 0. The van der Waals surface area contributed by atoms with Crippen LogP contribution in [0.4, 0.5) is 0 Å². The van der Waals surface area contributed by atoms with Crippen molar-refractivity contribution in [1.82, 2.24) is 0 Å². The monoisotopic (exact) mass is 260 g/mol. The van der Waals surface area contributed by atoms with Crippen LogP contribution in [0.2, 0.25) is 0 Å². The number of rotatable bonds is 6. The van der Waals surface area contributed by atoms with Gasteiger partial charge in [0.2, 0.25) is 0 Å². The summed E-state index contributed by atoms with van der Waals surface area (Å²) in [5.74, 6) is 0.731. The Morgan fingerprint density at radius 2 is 1.95 bits per heavy atom. The quantitative estimate of drug-likeness (QED) is 0.514. The lowest BCUT2D eigenvalue weighted by molar-refractivity contribution is 0.420. The lowest BCUT2D eigenvalue weighted by Crippen LogP contribution is -2.20. The summed E-state index contributed by atoms with van der Waals surface area (Å²) in [7, 11) is 0. The highest BCUT2D eigenvalue weighted by Crippen LogP contribution is 2.43. The Bertz CT molecular complexity index is 377. The molecule has 0 saturated carbocycles. The van der Waals surface area contributed by atoms with Crippen LogP contribution >= 0.6 is 0 Å². The van der Waals surface area contributed by atoms with Gasteiger partial charge < -0.3 is 0 Å². The Hall–Kier alpha value is -0.780. The zero-order valence-electron chi connectivity index (χ0n) is 13.8. The van der Waals surface area contributed by atoms with Crippen LogP contribution in [-0.2, 0) is 0 Å². The first-order chi connectivity index (χ1) is 9.00. The van der Waals surface area contributed by atoms with Gasteiger partial charge in [0.1, 0.15) is 0 Å². The molecule has 1 rings (SSSR count). The maximum Gasteiger partial charge on any atom is -0.0107 e. The van der Waals surface area contributed by atoms with Crippen molar-refractivity contribution in [2.75, 3.05) is 0 Å². The molecule has 1 unspecified atom stereocenters. The molecule has 1 aliphatic carbocycles.